The summed E-state index contributed by atoms with van der Waals surface area (Å²) in [5.74, 6) is 1.55. The smallest absolute Gasteiger partial charge is 0.159 e. The highest BCUT2D eigenvalue weighted by Crippen LogP contribution is 2.45. The van der Waals surface area contributed by atoms with Crippen molar-refractivity contribution in [2.24, 2.45) is 5.16 Å². The van der Waals surface area contributed by atoms with Crippen LogP contribution in [0.4, 0.5) is 5.69 Å². The van der Waals surface area contributed by atoms with Crippen LogP contribution in [0.1, 0.15) is 69.2 Å². The molecular weight excluding hydrogens is 470 g/mol. The normalized spacial score (nSPS) is 22.4. The second-order valence-corrected chi connectivity index (χ2v) is 12.2. The number of nitrogens with one attached hydrogen (secondary N) is 2. The number of hydrogen-bond donors (Lipinski definition) is 2. The highest BCUT2D eigenvalue weighted by molar-refractivity contribution is 7.91. The van der Waals surface area contributed by atoms with Crippen molar-refractivity contribution >= 4 is 32.3 Å². The fourth-order valence-electron chi connectivity index (χ4n) is 5.56. The van der Waals surface area contributed by atoms with E-state index in [1.54, 1.807) is 0 Å². The number of sulfone groups is 1. The number of nitrogens with zero attached hydrogens (tertiary/aromatic N) is 7. The summed E-state index contributed by atoms with van der Waals surface area (Å²) in [6, 6.07) is 0.0655. The van der Waals surface area contributed by atoms with Gasteiger partial charge in [-0.3, -0.25) is 0 Å². The topological polar surface area (TPSA) is 153 Å². The van der Waals surface area contributed by atoms with Gasteiger partial charge in [0.05, 0.1) is 34.5 Å². The molecule has 3 aromatic rings. The fourth-order valence-corrected chi connectivity index (χ4v) is 7.05. The highest BCUT2D eigenvalue weighted by atomic mass is 32.2. The molecule has 186 valence electrons. The molecule has 13 heteroatoms. The maximum atomic E-state index is 11.9. The minimum atomic E-state index is -2.94. The third-order valence-electron chi connectivity index (χ3n) is 7.66. The van der Waals surface area contributed by atoms with Crippen molar-refractivity contribution in [1.82, 2.24) is 35.4 Å². The SMILES string of the molecule is CCn1ncc2c(NC3CCS(=O)(=O)CC3)c(C3=NOC4(CCC(c5nnn[nH]5)CC4)C3)cnc21. The molecule has 3 aromatic heterocycles. The summed E-state index contributed by atoms with van der Waals surface area (Å²) in [6.07, 6.45) is 9.17. The Morgan fingerprint density at radius 1 is 1.20 bits per heavy atom. The number of fused-ring (bicyclic) bond motifs is 1. The lowest BCUT2D eigenvalue weighted by Gasteiger charge is -2.33. The third kappa shape index (κ3) is 4.15. The highest BCUT2D eigenvalue weighted by Gasteiger charge is 2.44. The van der Waals surface area contributed by atoms with Crippen LogP contribution in [0.2, 0.25) is 0 Å². The molecule has 1 saturated carbocycles. The van der Waals surface area contributed by atoms with E-state index in [9.17, 15) is 8.42 Å². The molecule has 0 unspecified atom stereocenters. The van der Waals surface area contributed by atoms with Crippen LogP contribution in [0.25, 0.3) is 11.0 Å². The maximum Gasteiger partial charge on any atom is 0.159 e. The van der Waals surface area contributed by atoms with Gasteiger partial charge in [0.15, 0.2) is 11.5 Å². The van der Waals surface area contributed by atoms with Crippen molar-refractivity contribution in [1.29, 1.82) is 0 Å². The van der Waals surface area contributed by atoms with Crippen LogP contribution in [-0.2, 0) is 21.2 Å². The van der Waals surface area contributed by atoms with Crippen LogP contribution < -0.4 is 5.32 Å². The first-order valence-electron chi connectivity index (χ1n) is 12.3. The van der Waals surface area contributed by atoms with Gasteiger partial charge in [0.25, 0.3) is 0 Å². The van der Waals surface area contributed by atoms with E-state index < -0.39 is 9.84 Å². The van der Waals surface area contributed by atoms with Gasteiger partial charge < -0.3 is 10.2 Å². The quantitative estimate of drug-likeness (QED) is 0.538. The third-order valence-corrected chi connectivity index (χ3v) is 9.38. The molecule has 2 N–H and O–H groups in total. The summed E-state index contributed by atoms with van der Waals surface area (Å²) in [6.45, 7) is 2.75. The zero-order valence-corrected chi connectivity index (χ0v) is 20.5. The summed E-state index contributed by atoms with van der Waals surface area (Å²) < 4.78 is 25.8. The summed E-state index contributed by atoms with van der Waals surface area (Å²) in [5, 5.41) is 28.0. The minimum absolute atomic E-state index is 0.0655. The van der Waals surface area contributed by atoms with Crippen LogP contribution in [0, 0.1) is 0 Å². The Kier molecular flexibility index (Phi) is 5.46. The number of H-pyrrole nitrogens is 1. The molecule has 0 bridgehead atoms. The lowest BCUT2D eigenvalue weighted by molar-refractivity contribution is -0.0488. The summed E-state index contributed by atoms with van der Waals surface area (Å²) in [4.78, 5) is 10.8. The Balaban J connectivity index is 1.26. The summed E-state index contributed by atoms with van der Waals surface area (Å²) in [5.41, 5.74) is 3.17. The molecule has 0 atom stereocenters. The molecule has 0 amide bonds. The monoisotopic (exact) mass is 499 g/mol. The molecule has 2 fully saturated rings. The number of pyridine rings is 1. The average molecular weight is 500 g/mol. The number of rotatable bonds is 5. The first kappa shape index (κ1) is 22.4. The first-order valence-corrected chi connectivity index (χ1v) is 14.1. The fraction of sp³-hybridized carbons (Fsp3) is 0.636. The molecule has 0 aromatic carbocycles. The molecule has 1 spiro atoms. The first-order chi connectivity index (χ1) is 17.0. The largest absolute Gasteiger partial charge is 0.389 e. The molecule has 0 radical (unpaired) electrons. The average Bonchev–Trinajstić information content (AvgIpc) is 3.62. The van der Waals surface area contributed by atoms with Crippen LogP contribution in [-0.4, -0.2) is 72.7 Å². The molecule has 5 heterocycles. The number of tetrazole rings is 1. The molecule has 6 rings (SSSR count). The van der Waals surface area contributed by atoms with Gasteiger partial charge in [0, 0.05) is 36.7 Å². The van der Waals surface area contributed by atoms with Crippen molar-refractivity contribution in [3.8, 4) is 0 Å². The van der Waals surface area contributed by atoms with Crippen LogP contribution in [0.3, 0.4) is 0 Å². The number of aromatic nitrogens is 7. The van der Waals surface area contributed by atoms with Crippen LogP contribution >= 0.6 is 0 Å². The van der Waals surface area contributed by atoms with Gasteiger partial charge in [-0.2, -0.15) is 5.10 Å². The van der Waals surface area contributed by atoms with Crippen molar-refractivity contribution in [3.05, 3.63) is 23.8 Å². The number of aryl methyl sites for hydroxylation is 1. The predicted octanol–water partition coefficient (Wildman–Crippen LogP) is 2.17. The van der Waals surface area contributed by atoms with Crippen LogP contribution in [0.15, 0.2) is 17.5 Å². The van der Waals surface area contributed by atoms with Crippen molar-refractivity contribution < 1.29 is 13.3 Å². The number of hydrogen-bond acceptors (Lipinski definition) is 10. The Morgan fingerprint density at radius 2 is 2.00 bits per heavy atom. The van der Waals surface area contributed by atoms with E-state index in [2.05, 4.69) is 36.2 Å². The molecule has 1 aliphatic carbocycles. The van der Waals surface area contributed by atoms with E-state index in [-0.39, 0.29) is 23.1 Å². The summed E-state index contributed by atoms with van der Waals surface area (Å²) >= 11 is 0. The lowest BCUT2D eigenvalue weighted by Crippen LogP contribution is -2.34. The van der Waals surface area contributed by atoms with Gasteiger partial charge in [0.1, 0.15) is 15.4 Å². The van der Waals surface area contributed by atoms with Crippen LogP contribution in [0.5, 0.6) is 0 Å². The standard InChI is InChI=1S/C22H29N9O3S/c1-2-31-21-17(13-24-31)19(25-15-5-9-35(32,33)10-6-15)16(12-23-21)18-11-22(34-28-18)7-3-14(4-8-22)20-26-29-30-27-20/h12-15H,2-11H2,1H3,(H,23,25)(H,26,27,29,30). The van der Waals surface area contributed by atoms with Gasteiger partial charge >= 0.3 is 0 Å². The zero-order valence-electron chi connectivity index (χ0n) is 19.6. The van der Waals surface area contributed by atoms with Gasteiger partial charge in [-0.05, 0) is 55.9 Å². The lowest BCUT2D eigenvalue weighted by atomic mass is 9.76. The number of aromatic amines is 1. The molecular formula is C22H29N9O3S. The summed E-state index contributed by atoms with van der Waals surface area (Å²) in [7, 11) is -2.94. The molecule has 1 saturated heterocycles. The van der Waals surface area contributed by atoms with Gasteiger partial charge in [0.2, 0.25) is 0 Å². The van der Waals surface area contributed by atoms with E-state index in [4.69, 9.17) is 9.82 Å². The second-order valence-electron chi connectivity index (χ2n) is 9.86. The van der Waals surface area contributed by atoms with Crippen molar-refractivity contribution in [2.75, 3.05) is 16.8 Å². The Labute approximate surface area is 202 Å². The van der Waals surface area contributed by atoms with Gasteiger partial charge in [-0.25, -0.2) is 23.2 Å². The van der Waals surface area contributed by atoms with E-state index in [1.165, 1.54) is 0 Å². The molecule has 3 aliphatic rings. The molecule has 12 nitrogen and oxygen atoms in total. The van der Waals surface area contributed by atoms with E-state index >= 15 is 0 Å². The van der Waals surface area contributed by atoms with Crippen molar-refractivity contribution in [3.63, 3.8) is 0 Å². The maximum absolute atomic E-state index is 11.9. The Morgan fingerprint density at radius 3 is 2.71 bits per heavy atom. The van der Waals surface area contributed by atoms with E-state index in [0.29, 0.717) is 31.7 Å². The number of anilines is 1. The second kappa shape index (κ2) is 8.54. The molecule has 35 heavy (non-hydrogen) atoms. The van der Waals surface area contributed by atoms with Crippen molar-refractivity contribution in [2.45, 2.75) is 76.0 Å². The van der Waals surface area contributed by atoms with Gasteiger partial charge in [-0.1, -0.05) is 5.16 Å². The zero-order chi connectivity index (χ0) is 24.0. The Bertz CT molecular complexity index is 1340. The number of oxime groups is 1. The Hall–Kier alpha value is -3.09. The predicted molar refractivity (Wildman–Crippen MR) is 129 cm³/mol. The van der Waals surface area contributed by atoms with E-state index in [0.717, 1.165) is 59.5 Å². The van der Waals surface area contributed by atoms with Gasteiger partial charge in [-0.15, -0.1) is 5.10 Å². The minimum Gasteiger partial charge on any atom is -0.389 e. The molecule has 2 aliphatic heterocycles. The van der Waals surface area contributed by atoms with E-state index in [1.807, 2.05) is 24.0 Å².